The van der Waals surface area contributed by atoms with Gasteiger partial charge in [0.05, 0.1) is 25.2 Å². The van der Waals surface area contributed by atoms with Crippen LogP contribution in [0.1, 0.15) is 0 Å². The van der Waals surface area contributed by atoms with Gasteiger partial charge in [0.1, 0.15) is 23.7 Å². The third kappa shape index (κ3) is 3.84. The Labute approximate surface area is 165 Å². The number of nitrogen functional groups attached to an aromatic ring is 2. The van der Waals surface area contributed by atoms with Crippen LogP contribution in [0.4, 0.5) is 11.8 Å². The zero-order valence-corrected chi connectivity index (χ0v) is 15.1. The Kier molecular flexibility index (Phi) is 4.89. The number of aromatic nitrogens is 12. The number of hydrogen-bond donors (Lipinski definition) is 6. The van der Waals surface area contributed by atoms with Crippen LogP contribution in [0.2, 0.25) is 0 Å². The highest BCUT2D eigenvalue weighted by molar-refractivity contribution is 5.80. The van der Waals surface area contributed by atoms with Crippen molar-refractivity contribution in [3.8, 4) is 0 Å². The van der Waals surface area contributed by atoms with Gasteiger partial charge in [-0.05, 0) is 0 Å². The summed E-state index contributed by atoms with van der Waals surface area (Å²) >= 11 is 0. The van der Waals surface area contributed by atoms with E-state index >= 15 is 0 Å². The standard InChI is InChI=1S/C5H5N5O.C5H5N5.C5H4N4/c6-5-9-3-2(4(11)10-5)7-1-8-3;6-4-3-5(9-1-7-3)10-2-8-4;1-4-5(8-2-6-1)9-3-7-4/h1H,(H4,6,7,8,9,10,11);1-2H,(H3,6,7,8,9,10);1-3H,(H,6,7,8,9). The number of aromatic amines is 4. The molecule has 0 unspecified atom stereocenters. The summed E-state index contributed by atoms with van der Waals surface area (Å²) in [5.41, 5.74) is 14.0. The molecule has 0 spiro atoms. The fourth-order valence-corrected chi connectivity index (χ4v) is 2.33. The summed E-state index contributed by atoms with van der Waals surface area (Å²) in [5.74, 6) is 0.511. The minimum atomic E-state index is -0.301. The summed E-state index contributed by atoms with van der Waals surface area (Å²) in [5, 5.41) is 0. The van der Waals surface area contributed by atoms with Crippen LogP contribution in [0.5, 0.6) is 0 Å². The monoisotopic (exact) mass is 406 g/mol. The second-order valence-electron chi connectivity index (χ2n) is 5.57. The van der Waals surface area contributed by atoms with E-state index in [9.17, 15) is 4.79 Å². The van der Waals surface area contributed by atoms with Gasteiger partial charge in [-0.15, -0.1) is 0 Å². The number of hydrogen-bond acceptors (Lipinski definition) is 11. The molecular formula is C15H14N14O. The molecule has 15 nitrogen and oxygen atoms in total. The van der Waals surface area contributed by atoms with Gasteiger partial charge in [-0.2, -0.15) is 4.98 Å². The lowest BCUT2D eigenvalue weighted by atomic mass is 10.5. The number of rotatable bonds is 0. The first-order valence-electron chi connectivity index (χ1n) is 8.29. The smallest absolute Gasteiger partial charge is 0.278 e. The molecule has 6 rings (SSSR count). The third-order valence-electron chi connectivity index (χ3n) is 3.66. The average Bonchev–Trinajstić information content (AvgIpc) is 3.49. The molecule has 0 fully saturated rings. The molecule has 6 aromatic rings. The molecule has 0 aromatic carbocycles. The Balaban J connectivity index is 0.000000109. The summed E-state index contributed by atoms with van der Waals surface area (Å²) in [6.45, 7) is 0. The molecule has 30 heavy (non-hydrogen) atoms. The lowest BCUT2D eigenvalue weighted by Gasteiger charge is -1.89. The largest absolute Gasteiger partial charge is 0.382 e. The highest BCUT2D eigenvalue weighted by Crippen LogP contribution is 2.09. The maximum atomic E-state index is 11.0. The molecule has 15 heteroatoms. The lowest BCUT2D eigenvalue weighted by Crippen LogP contribution is -2.10. The Morgan fingerprint density at radius 3 is 2.23 bits per heavy atom. The molecular weight excluding hydrogens is 392 g/mol. The van der Waals surface area contributed by atoms with E-state index in [1.807, 2.05) is 0 Å². The normalized spacial score (nSPS) is 10.4. The number of imidazole rings is 3. The van der Waals surface area contributed by atoms with Gasteiger partial charge < -0.3 is 26.4 Å². The molecule has 150 valence electrons. The lowest BCUT2D eigenvalue weighted by molar-refractivity contribution is 1.17. The van der Waals surface area contributed by atoms with Gasteiger partial charge in [0.25, 0.3) is 5.56 Å². The SMILES string of the molecule is Nc1nc2nc[nH]c2c(=O)[nH]1.Nc1ncnc2nc[nH]c12.c1ncc2[nH]cnc2n1. The van der Waals surface area contributed by atoms with Crippen LogP contribution in [0.3, 0.4) is 0 Å². The highest BCUT2D eigenvalue weighted by Gasteiger charge is 2.02. The predicted octanol–water partition coefficient (Wildman–Crippen LogP) is -0.484. The fourth-order valence-electron chi connectivity index (χ4n) is 2.33. The van der Waals surface area contributed by atoms with Crippen LogP contribution >= 0.6 is 0 Å². The van der Waals surface area contributed by atoms with Crippen molar-refractivity contribution in [2.24, 2.45) is 0 Å². The van der Waals surface area contributed by atoms with E-state index in [0.29, 0.717) is 33.8 Å². The molecule has 0 aliphatic heterocycles. The highest BCUT2D eigenvalue weighted by atomic mass is 16.1. The second kappa shape index (κ2) is 7.97. The van der Waals surface area contributed by atoms with Crippen molar-refractivity contribution < 1.29 is 0 Å². The molecule has 0 saturated carbocycles. The molecule has 8 N–H and O–H groups in total. The minimum absolute atomic E-state index is 0.0783. The third-order valence-corrected chi connectivity index (χ3v) is 3.66. The van der Waals surface area contributed by atoms with Crippen LogP contribution in [-0.4, -0.2) is 59.8 Å². The predicted molar refractivity (Wildman–Crippen MR) is 107 cm³/mol. The van der Waals surface area contributed by atoms with Gasteiger partial charge in [-0.3, -0.25) is 9.78 Å². The van der Waals surface area contributed by atoms with Gasteiger partial charge in [0.2, 0.25) is 5.95 Å². The van der Waals surface area contributed by atoms with Crippen molar-refractivity contribution >= 4 is 45.3 Å². The van der Waals surface area contributed by atoms with Crippen molar-refractivity contribution in [3.63, 3.8) is 0 Å². The van der Waals surface area contributed by atoms with Crippen LogP contribution in [0.25, 0.3) is 33.5 Å². The van der Waals surface area contributed by atoms with Gasteiger partial charge >= 0.3 is 0 Å². The topological polar surface area (TPSA) is 235 Å². The Morgan fingerprint density at radius 1 is 0.733 bits per heavy atom. The number of nitrogens with zero attached hydrogens (tertiary/aromatic N) is 8. The molecule has 0 bridgehead atoms. The summed E-state index contributed by atoms with van der Waals surface area (Å²) in [7, 11) is 0. The van der Waals surface area contributed by atoms with E-state index in [1.165, 1.54) is 25.3 Å². The first-order chi connectivity index (χ1) is 14.6. The summed E-state index contributed by atoms with van der Waals surface area (Å²) < 4.78 is 0. The number of nitrogens with two attached hydrogens (primary N) is 2. The average molecular weight is 406 g/mol. The van der Waals surface area contributed by atoms with Crippen molar-refractivity contribution in [3.05, 3.63) is 48.2 Å². The maximum absolute atomic E-state index is 11.0. The molecule has 6 aromatic heterocycles. The van der Waals surface area contributed by atoms with Gasteiger partial charge in [-0.1, -0.05) is 0 Å². The number of fused-ring (bicyclic) bond motifs is 3. The number of H-pyrrole nitrogens is 4. The number of nitrogens with one attached hydrogen (secondary N) is 4. The minimum Gasteiger partial charge on any atom is -0.382 e. The van der Waals surface area contributed by atoms with E-state index in [-0.39, 0.29) is 11.5 Å². The summed E-state index contributed by atoms with van der Waals surface area (Å²) in [6.07, 6.45) is 9.08. The first kappa shape index (κ1) is 18.4. The molecule has 0 atom stereocenters. The van der Waals surface area contributed by atoms with Crippen molar-refractivity contribution in [2.75, 3.05) is 11.5 Å². The quantitative estimate of drug-likeness (QED) is 0.188. The van der Waals surface area contributed by atoms with E-state index in [0.717, 1.165) is 5.52 Å². The summed E-state index contributed by atoms with van der Waals surface area (Å²) in [4.78, 5) is 52.4. The van der Waals surface area contributed by atoms with Crippen LogP contribution < -0.4 is 17.0 Å². The number of anilines is 2. The van der Waals surface area contributed by atoms with Crippen molar-refractivity contribution in [2.45, 2.75) is 0 Å². The zero-order valence-electron chi connectivity index (χ0n) is 15.1. The maximum Gasteiger partial charge on any atom is 0.278 e. The molecule has 0 amide bonds. The molecule has 0 saturated heterocycles. The molecule has 0 aliphatic rings. The van der Waals surface area contributed by atoms with Gasteiger partial charge in [-0.25, -0.2) is 34.9 Å². The summed E-state index contributed by atoms with van der Waals surface area (Å²) in [6, 6.07) is 0. The molecule has 6 heterocycles. The Bertz CT molecular complexity index is 1430. The molecule has 0 radical (unpaired) electrons. The van der Waals surface area contributed by atoms with E-state index in [4.69, 9.17) is 11.5 Å². The van der Waals surface area contributed by atoms with Crippen molar-refractivity contribution in [1.29, 1.82) is 0 Å². The van der Waals surface area contributed by atoms with E-state index < -0.39 is 0 Å². The fraction of sp³-hybridized carbons (Fsp3) is 0. The zero-order chi connectivity index (χ0) is 20.9. The van der Waals surface area contributed by atoms with E-state index in [2.05, 4.69) is 59.8 Å². The van der Waals surface area contributed by atoms with Crippen molar-refractivity contribution in [1.82, 2.24) is 59.8 Å². The molecule has 0 aliphatic carbocycles. The first-order valence-corrected chi connectivity index (χ1v) is 8.29. The Hall–Kier alpha value is -4.95. The van der Waals surface area contributed by atoms with Gasteiger partial charge in [0, 0.05) is 0 Å². The van der Waals surface area contributed by atoms with Crippen LogP contribution in [-0.2, 0) is 0 Å². The Morgan fingerprint density at radius 2 is 1.43 bits per heavy atom. The van der Waals surface area contributed by atoms with Crippen LogP contribution in [0, 0.1) is 0 Å². The van der Waals surface area contributed by atoms with Crippen LogP contribution in [0.15, 0.2) is 42.6 Å². The van der Waals surface area contributed by atoms with E-state index in [1.54, 1.807) is 12.5 Å². The van der Waals surface area contributed by atoms with Gasteiger partial charge in [0.15, 0.2) is 28.3 Å². The second-order valence-corrected chi connectivity index (χ2v) is 5.57.